The monoisotopic (exact) mass is 408 g/mol. The molecule has 2 atom stereocenters. The number of hydrogen-bond donors (Lipinski definition) is 0. The van der Waals surface area contributed by atoms with E-state index in [0.29, 0.717) is 0 Å². The molecule has 3 aliphatic rings. The van der Waals surface area contributed by atoms with Gasteiger partial charge in [0.05, 0.1) is 0 Å². The van der Waals surface area contributed by atoms with Crippen molar-refractivity contribution in [1.82, 2.24) is 0 Å². The van der Waals surface area contributed by atoms with Gasteiger partial charge in [-0.2, -0.15) is 0 Å². The van der Waals surface area contributed by atoms with Crippen molar-refractivity contribution in [3.05, 3.63) is 102 Å². The fourth-order valence-corrected chi connectivity index (χ4v) is 5.68. The van der Waals surface area contributed by atoms with Gasteiger partial charge in [0.2, 0.25) is 0 Å². The highest BCUT2D eigenvalue weighted by Gasteiger charge is 2.45. The van der Waals surface area contributed by atoms with Gasteiger partial charge in [-0.25, -0.2) is 0 Å². The van der Waals surface area contributed by atoms with Crippen LogP contribution >= 0.6 is 0 Å². The lowest BCUT2D eigenvalue weighted by Gasteiger charge is -2.35. The van der Waals surface area contributed by atoms with E-state index in [9.17, 15) is 0 Å². The van der Waals surface area contributed by atoms with Gasteiger partial charge in [0.15, 0.2) is 11.5 Å². The summed E-state index contributed by atoms with van der Waals surface area (Å²) in [5.41, 5.74) is 4.76. The Labute approximate surface area is 184 Å². The predicted molar refractivity (Wildman–Crippen MR) is 124 cm³/mol. The second-order valence-electron chi connectivity index (χ2n) is 9.19. The predicted octanol–water partition coefficient (Wildman–Crippen LogP) is 7.34. The zero-order valence-corrected chi connectivity index (χ0v) is 17.8. The van der Waals surface area contributed by atoms with Crippen molar-refractivity contribution >= 4 is 5.57 Å². The van der Waals surface area contributed by atoms with Crippen LogP contribution in [-0.4, -0.2) is 0 Å². The van der Waals surface area contributed by atoms with Crippen LogP contribution in [0.3, 0.4) is 0 Å². The van der Waals surface area contributed by atoms with E-state index < -0.39 is 5.79 Å². The Bertz CT molecular complexity index is 1060. The number of allylic oxidation sites excluding steroid dienone is 2. The van der Waals surface area contributed by atoms with E-state index in [-0.39, 0.29) is 0 Å². The van der Waals surface area contributed by atoms with Gasteiger partial charge in [0, 0.05) is 11.1 Å². The highest BCUT2D eigenvalue weighted by atomic mass is 16.7. The van der Waals surface area contributed by atoms with Gasteiger partial charge in [-0.3, -0.25) is 0 Å². The average Bonchev–Trinajstić information content (AvgIpc) is 3.25. The summed E-state index contributed by atoms with van der Waals surface area (Å²) in [5.74, 6) is 2.45. The lowest BCUT2D eigenvalue weighted by atomic mass is 9.70. The molecule has 2 nitrogen and oxygen atoms in total. The van der Waals surface area contributed by atoms with Crippen LogP contribution in [0.2, 0.25) is 0 Å². The van der Waals surface area contributed by atoms with E-state index in [4.69, 9.17) is 9.47 Å². The molecule has 2 unspecified atom stereocenters. The molecule has 2 heteroatoms. The van der Waals surface area contributed by atoms with Crippen molar-refractivity contribution in [2.24, 2.45) is 11.8 Å². The van der Waals surface area contributed by atoms with E-state index in [0.717, 1.165) is 34.5 Å². The van der Waals surface area contributed by atoms with Crippen LogP contribution < -0.4 is 9.47 Å². The first kappa shape index (κ1) is 18.7. The van der Waals surface area contributed by atoms with E-state index in [1.54, 1.807) is 0 Å². The largest absolute Gasteiger partial charge is 0.440 e. The van der Waals surface area contributed by atoms with E-state index >= 15 is 0 Å². The highest BCUT2D eigenvalue weighted by molar-refractivity contribution is 5.69. The molecule has 1 fully saturated rings. The quantitative estimate of drug-likeness (QED) is 0.451. The van der Waals surface area contributed by atoms with E-state index in [1.165, 1.54) is 49.7 Å². The topological polar surface area (TPSA) is 18.5 Å². The van der Waals surface area contributed by atoms with Gasteiger partial charge in [-0.1, -0.05) is 85.6 Å². The molecule has 1 saturated carbocycles. The summed E-state index contributed by atoms with van der Waals surface area (Å²) in [6.07, 6.45) is 10.5. The Balaban J connectivity index is 1.36. The summed E-state index contributed by atoms with van der Waals surface area (Å²) in [5, 5.41) is 0. The Morgan fingerprint density at radius 2 is 1.32 bits per heavy atom. The summed E-state index contributed by atoms with van der Waals surface area (Å²) in [4.78, 5) is 0. The Morgan fingerprint density at radius 1 is 0.677 bits per heavy atom. The molecule has 31 heavy (non-hydrogen) atoms. The van der Waals surface area contributed by atoms with Gasteiger partial charge < -0.3 is 9.47 Å². The number of rotatable bonds is 3. The molecule has 3 aromatic rings. The first-order valence-electron chi connectivity index (χ1n) is 11.6. The maximum atomic E-state index is 6.66. The van der Waals surface area contributed by atoms with Crippen LogP contribution in [0.15, 0.2) is 84.9 Å². The fourth-order valence-electron chi connectivity index (χ4n) is 5.68. The van der Waals surface area contributed by atoms with Crippen molar-refractivity contribution in [3.63, 3.8) is 0 Å². The minimum atomic E-state index is -0.946. The smallest absolute Gasteiger partial charge is 0.305 e. The maximum absolute atomic E-state index is 6.66. The van der Waals surface area contributed by atoms with Crippen molar-refractivity contribution in [3.8, 4) is 11.5 Å². The standard InChI is InChI=1S/C29H28O2/c1-3-11-25(12-4-1)29(26-13-5-2-6-14-26)30-27-18-17-24(20-28(27)31-29)23-16-15-21-9-7-8-10-22(21)19-23/h1-6,11-14,16-18,20-22H,7-10,15,19H2. The Kier molecular flexibility index (Phi) is 4.60. The molecule has 6 rings (SSSR count). The molecule has 3 aromatic carbocycles. The molecule has 1 heterocycles. The maximum Gasteiger partial charge on any atom is 0.305 e. The van der Waals surface area contributed by atoms with Crippen LogP contribution in [0.1, 0.15) is 55.2 Å². The molecule has 156 valence electrons. The number of fused-ring (bicyclic) bond motifs is 2. The zero-order valence-electron chi connectivity index (χ0n) is 17.8. The first-order chi connectivity index (χ1) is 15.3. The van der Waals surface area contributed by atoms with Crippen LogP contribution in [0.4, 0.5) is 0 Å². The Morgan fingerprint density at radius 3 is 2.03 bits per heavy atom. The first-order valence-corrected chi connectivity index (χ1v) is 11.6. The molecule has 0 N–H and O–H groups in total. The SMILES string of the molecule is C1=C(c2ccc3c(c2)OC(c2ccccc2)(c2ccccc2)O3)CC2CCCCC2C1. The van der Waals surface area contributed by atoms with Crippen molar-refractivity contribution in [2.45, 2.75) is 44.3 Å². The van der Waals surface area contributed by atoms with E-state index in [2.05, 4.69) is 48.5 Å². The molecule has 2 aliphatic carbocycles. The summed E-state index contributed by atoms with van der Waals surface area (Å²) in [6, 6.07) is 27.0. The minimum absolute atomic E-state index is 0.809. The molecule has 0 spiro atoms. The third-order valence-corrected chi connectivity index (χ3v) is 7.35. The summed E-state index contributed by atoms with van der Waals surface area (Å²) < 4.78 is 13.2. The minimum Gasteiger partial charge on any atom is -0.440 e. The number of ether oxygens (including phenoxy) is 2. The highest BCUT2D eigenvalue weighted by Crippen LogP contribution is 2.49. The molecule has 0 saturated heterocycles. The van der Waals surface area contributed by atoms with Gasteiger partial charge in [0.1, 0.15) is 0 Å². The molecule has 0 bridgehead atoms. The third-order valence-electron chi connectivity index (χ3n) is 7.35. The van der Waals surface area contributed by atoms with Gasteiger partial charge >= 0.3 is 5.79 Å². The lowest BCUT2D eigenvalue weighted by molar-refractivity contribution is -0.0459. The van der Waals surface area contributed by atoms with Crippen molar-refractivity contribution < 1.29 is 9.47 Å². The molecule has 0 radical (unpaired) electrons. The summed E-state index contributed by atoms with van der Waals surface area (Å²) >= 11 is 0. The van der Waals surface area contributed by atoms with E-state index in [1.807, 2.05) is 36.4 Å². The summed E-state index contributed by atoms with van der Waals surface area (Å²) in [7, 11) is 0. The fraction of sp³-hybridized carbons (Fsp3) is 0.310. The third kappa shape index (κ3) is 3.26. The molecular formula is C29H28O2. The number of hydrogen-bond acceptors (Lipinski definition) is 2. The second-order valence-corrected chi connectivity index (χ2v) is 9.19. The zero-order chi connectivity index (χ0) is 20.7. The van der Waals surface area contributed by atoms with Crippen molar-refractivity contribution in [1.29, 1.82) is 0 Å². The molecule has 1 aliphatic heterocycles. The normalized spacial score (nSPS) is 23.7. The second kappa shape index (κ2) is 7.60. The number of benzene rings is 3. The van der Waals surface area contributed by atoms with Gasteiger partial charge in [-0.05, 0) is 60.8 Å². The van der Waals surface area contributed by atoms with Crippen LogP contribution in [0.25, 0.3) is 5.57 Å². The van der Waals surface area contributed by atoms with Crippen molar-refractivity contribution in [2.75, 3.05) is 0 Å². The van der Waals surface area contributed by atoms with Gasteiger partial charge in [-0.15, -0.1) is 0 Å². The molecule has 0 aromatic heterocycles. The van der Waals surface area contributed by atoms with Gasteiger partial charge in [0.25, 0.3) is 0 Å². The van der Waals surface area contributed by atoms with Crippen LogP contribution in [0, 0.1) is 11.8 Å². The average molecular weight is 409 g/mol. The Hall–Kier alpha value is -3.00. The van der Waals surface area contributed by atoms with Crippen LogP contribution in [-0.2, 0) is 5.79 Å². The molecular weight excluding hydrogens is 380 g/mol. The molecule has 0 amide bonds. The van der Waals surface area contributed by atoms with Crippen LogP contribution in [0.5, 0.6) is 11.5 Å². The lowest BCUT2D eigenvalue weighted by Crippen LogP contribution is -2.36. The summed E-state index contributed by atoms with van der Waals surface area (Å²) in [6.45, 7) is 0.